The van der Waals surface area contributed by atoms with Gasteiger partial charge in [-0.15, -0.1) is 11.3 Å². The summed E-state index contributed by atoms with van der Waals surface area (Å²) in [6.07, 6.45) is 8.07. The van der Waals surface area contributed by atoms with E-state index in [-0.39, 0.29) is 35.6 Å². The third-order valence-corrected chi connectivity index (χ3v) is 7.70. The molecule has 1 aliphatic carbocycles. The number of thiophene rings is 1. The standard InChI is InChI=1S/C27H23N7O4S/c1-2-20(35)31-16-9-6-10-17(16)32-25(36)24-23-22-18(11-12-28-26(22)39-24)34(27(37)33-23)19-13-30-21(14-29-19)38-15-7-4-3-5-8-15/h2-5,7-8,11-14,16-17H,1,6,9-10H2,(H,31,35)(H,32,36)(H,33,37)/t16-,17-/m1/s1. The lowest BCUT2D eigenvalue weighted by Crippen LogP contribution is -2.48. The van der Waals surface area contributed by atoms with Crippen LogP contribution in [0.25, 0.3) is 10.2 Å². The smallest absolute Gasteiger partial charge is 0.332 e. The second kappa shape index (κ2) is 10.1. The number of benzene rings is 1. The molecule has 0 bridgehead atoms. The van der Waals surface area contributed by atoms with Gasteiger partial charge < -0.3 is 20.7 Å². The average molecular weight is 542 g/mol. The number of amides is 4. The maximum atomic E-state index is 13.4. The van der Waals surface area contributed by atoms with Crippen LogP contribution in [0.5, 0.6) is 11.6 Å². The van der Waals surface area contributed by atoms with Crippen LogP contribution in [0, 0.1) is 0 Å². The Morgan fingerprint density at radius 3 is 2.62 bits per heavy atom. The van der Waals surface area contributed by atoms with Gasteiger partial charge in [0.25, 0.3) is 5.91 Å². The molecule has 4 amide bonds. The Morgan fingerprint density at radius 2 is 1.87 bits per heavy atom. The molecule has 39 heavy (non-hydrogen) atoms. The largest absolute Gasteiger partial charge is 0.438 e. The summed E-state index contributed by atoms with van der Waals surface area (Å²) in [5.74, 6) is 0.579. The number of pyridine rings is 1. The normalized spacial score (nSPS) is 17.9. The Hall–Kier alpha value is -4.84. The summed E-state index contributed by atoms with van der Waals surface area (Å²) >= 11 is 1.19. The first-order chi connectivity index (χ1) is 19.0. The van der Waals surface area contributed by atoms with Crippen molar-refractivity contribution >= 4 is 56.6 Å². The minimum atomic E-state index is -0.481. The van der Waals surface area contributed by atoms with E-state index >= 15 is 0 Å². The van der Waals surface area contributed by atoms with Crippen LogP contribution < -0.4 is 25.6 Å². The molecular weight excluding hydrogens is 518 g/mol. The Morgan fingerprint density at radius 1 is 1.08 bits per heavy atom. The minimum Gasteiger partial charge on any atom is -0.438 e. The van der Waals surface area contributed by atoms with E-state index in [0.29, 0.717) is 32.2 Å². The molecule has 0 saturated heterocycles. The van der Waals surface area contributed by atoms with Crippen molar-refractivity contribution in [3.8, 4) is 11.6 Å². The summed E-state index contributed by atoms with van der Waals surface area (Å²) < 4.78 is 5.71. The molecule has 0 spiro atoms. The van der Waals surface area contributed by atoms with E-state index in [0.717, 1.165) is 19.3 Å². The van der Waals surface area contributed by atoms with Crippen molar-refractivity contribution in [3.63, 3.8) is 0 Å². The van der Waals surface area contributed by atoms with Crippen molar-refractivity contribution < 1.29 is 19.1 Å². The van der Waals surface area contributed by atoms with Crippen LogP contribution in [0.15, 0.2) is 67.6 Å². The molecule has 2 aliphatic rings. The molecule has 4 aromatic rings. The third-order valence-electron chi connectivity index (χ3n) is 6.61. The number of rotatable bonds is 7. The SMILES string of the molecule is C=CC(=O)N[C@@H]1CCC[C@H]1NC(=O)c1sc2nccc3c2c1NC(=O)N3c1cnc(Oc2ccccc2)cn1. The maximum absolute atomic E-state index is 13.4. The fourth-order valence-corrected chi connectivity index (χ4v) is 5.86. The Labute approximate surface area is 226 Å². The molecular formula is C27H23N7O4S. The van der Waals surface area contributed by atoms with E-state index in [1.54, 1.807) is 24.4 Å². The van der Waals surface area contributed by atoms with E-state index < -0.39 is 6.03 Å². The zero-order chi connectivity index (χ0) is 26.9. The van der Waals surface area contributed by atoms with Crippen molar-refractivity contribution in [1.29, 1.82) is 0 Å². The van der Waals surface area contributed by atoms with Crippen LogP contribution in [0.3, 0.4) is 0 Å². The summed E-state index contributed by atoms with van der Waals surface area (Å²) in [5, 5.41) is 9.40. The molecule has 1 aromatic carbocycles. The van der Waals surface area contributed by atoms with Gasteiger partial charge in [0.05, 0.1) is 29.2 Å². The summed E-state index contributed by atoms with van der Waals surface area (Å²) in [6, 6.07) is 10.0. The summed E-state index contributed by atoms with van der Waals surface area (Å²) in [6.45, 7) is 3.49. The van der Waals surface area contributed by atoms with Crippen molar-refractivity contribution in [2.75, 3.05) is 10.2 Å². The second-order valence-electron chi connectivity index (χ2n) is 9.04. The van der Waals surface area contributed by atoms with Gasteiger partial charge in [-0.05, 0) is 43.5 Å². The highest BCUT2D eigenvalue weighted by Crippen LogP contribution is 2.45. The fourth-order valence-electron chi connectivity index (χ4n) is 4.84. The lowest BCUT2D eigenvalue weighted by molar-refractivity contribution is -0.117. The molecule has 12 heteroatoms. The van der Waals surface area contributed by atoms with Crippen molar-refractivity contribution in [2.24, 2.45) is 0 Å². The van der Waals surface area contributed by atoms with Crippen molar-refractivity contribution in [2.45, 2.75) is 31.3 Å². The van der Waals surface area contributed by atoms with Crippen LogP contribution in [-0.2, 0) is 4.79 Å². The third kappa shape index (κ3) is 4.66. The Bertz CT molecular complexity index is 1590. The Kier molecular flexibility index (Phi) is 6.37. The molecule has 2 atom stereocenters. The van der Waals surface area contributed by atoms with E-state index in [2.05, 4.69) is 37.5 Å². The molecule has 0 unspecified atom stereocenters. The number of ether oxygens (including phenoxy) is 1. The lowest BCUT2D eigenvalue weighted by atomic mass is 10.1. The number of nitrogens with zero attached hydrogens (tertiary/aromatic N) is 4. The quantitative estimate of drug-likeness (QED) is 0.293. The van der Waals surface area contributed by atoms with Gasteiger partial charge in [-0.25, -0.2) is 24.6 Å². The number of nitrogens with one attached hydrogen (secondary N) is 3. The zero-order valence-electron chi connectivity index (χ0n) is 20.6. The second-order valence-corrected chi connectivity index (χ2v) is 10.0. The van der Waals surface area contributed by atoms with E-state index in [1.165, 1.54) is 34.7 Å². The number of anilines is 3. The highest BCUT2D eigenvalue weighted by atomic mass is 32.1. The molecule has 11 nitrogen and oxygen atoms in total. The average Bonchev–Trinajstić information content (AvgIpc) is 3.54. The van der Waals surface area contributed by atoms with Crippen molar-refractivity contribution in [1.82, 2.24) is 25.6 Å². The molecule has 3 N–H and O–H groups in total. The molecule has 1 aliphatic heterocycles. The molecule has 196 valence electrons. The van der Waals surface area contributed by atoms with Crippen LogP contribution in [0.4, 0.5) is 22.0 Å². The van der Waals surface area contributed by atoms with Gasteiger partial charge in [-0.1, -0.05) is 24.8 Å². The van der Waals surface area contributed by atoms with E-state index in [9.17, 15) is 14.4 Å². The molecule has 4 heterocycles. The number of hydrogen-bond donors (Lipinski definition) is 3. The van der Waals surface area contributed by atoms with Crippen LogP contribution in [-0.4, -0.2) is 44.9 Å². The number of carbonyl (C=O) groups is 3. The predicted molar refractivity (Wildman–Crippen MR) is 147 cm³/mol. The van der Waals surface area contributed by atoms with Gasteiger partial charge in [0.2, 0.25) is 11.8 Å². The monoisotopic (exact) mass is 541 g/mol. The number of hydrogen-bond acceptors (Lipinski definition) is 8. The number of carbonyl (C=O) groups excluding carboxylic acids is 3. The maximum Gasteiger partial charge on any atom is 0.332 e. The van der Waals surface area contributed by atoms with E-state index in [1.807, 2.05) is 18.2 Å². The first kappa shape index (κ1) is 24.5. The molecule has 6 rings (SSSR count). The number of para-hydroxylation sites is 1. The highest BCUT2D eigenvalue weighted by molar-refractivity contribution is 7.21. The first-order valence-corrected chi connectivity index (χ1v) is 13.1. The van der Waals surface area contributed by atoms with Gasteiger partial charge in [-0.2, -0.15) is 0 Å². The van der Waals surface area contributed by atoms with Gasteiger partial charge in [-0.3, -0.25) is 9.59 Å². The van der Waals surface area contributed by atoms with Gasteiger partial charge in [0.1, 0.15) is 15.5 Å². The van der Waals surface area contributed by atoms with Crippen LogP contribution in [0.2, 0.25) is 0 Å². The summed E-state index contributed by atoms with van der Waals surface area (Å²) in [4.78, 5) is 53.9. The predicted octanol–water partition coefficient (Wildman–Crippen LogP) is 4.52. The number of urea groups is 1. The molecule has 0 radical (unpaired) electrons. The van der Waals surface area contributed by atoms with Crippen LogP contribution >= 0.6 is 11.3 Å². The molecule has 1 saturated carbocycles. The highest BCUT2D eigenvalue weighted by Gasteiger charge is 2.35. The summed E-state index contributed by atoms with van der Waals surface area (Å²) in [7, 11) is 0. The van der Waals surface area contributed by atoms with Gasteiger partial charge >= 0.3 is 6.03 Å². The summed E-state index contributed by atoms with van der Waals surface area (Å²) in [5.41, 5.74) is 0.940. The molecule has 1 fully saturated rings. The van der Waals surface area contributed by atoms with Gasteiger partial charge in [0.15, 0.2) is 5.82 Å². The van der Waals surface area contributed by atoms with Gasteiger partial charge in [0, 0.05) is 18.3 Å². The number of aromatic nitrogens is 3. The van der Waals surface area contributed by atoms with Crippen LogP contribution in [0.1, 0.15) is 28.9 Å². The first-order valence-electron chi connectivity index (χ1n) is 12.3. The minimum absolute atomic E-state index is 0.184. The molecule has 3 aromatic heterocycles. The van der Waals surface area contributed by atoms with Crippen molar-refractivity contribution in [3.05, 3.63) is 72.5 Å². The lowest BCUT2D eigenvalue weighted by Gasteiger charge is -2.27. The topological polar surface area (TPSA) is 138 Å². The fraction of sp³-hybridized carbons (Fsp3) is 0.185. The van der Waals surface area contributed by atoms with E-state index in [4.69, 9.17) is 4.74 Å². The Balaban J connectivity index is 1.27. The zero-order valence-corrected chi connectivity index (χ0v) is 21.4.